The lowest BCUT2D eigenvalue weighted by Crippen LogP contribution is -2.53. The van der Waals surface area contributed by atoms with Crippen molar-refractivity contribution in [3.8, 4) is 11.5 Å². The molecule has 0 saturated carbocycles. The van der Waals surface area contributed by atoms with E-state index >= 15 is 0 Å². The molecule has 0 aromatic heterocycles. The van der Waals surface area contributed by atoms with Gasteiger partial charge < -0.3 is 19.3 Å². The van der Waals surface area contributed by atoms with Crippen molar-refractivity contribution in [1.82, 2.24) is 9.21 Å². The molecule has 1 amide bonds. The monoisotopic (exact) mass is 491 g/mol. The molecule has 2 fully saturated rings. The Bertz CT molecular complexity index is 1120. The zero-order chi connectivity index (χ0) is 24.3. The molecule has 10 heteroatoms. The average molecular weight is 492 g/mol. The van der Waals surface area contributed by atoms with Crippen LogP contribution in [-0.4, -0.2) is 77.0 Å². The van der Waals surface area contributed by atoms with Crippen molar-refractivity contribution in [2.45, 2.75) is 17.7 Å². The molecule has 2 aromatic rings. The van der Waals surface area contributed by atoms with Gasteiger partial charge in [0, 0.05) is 51.0 Å². The highest BCUT2D eigenvalue weighted by atomic mass is 32.2. The van der Waals surface area contributed by atoms with Gasteiger partial charge >= 0.3 is 0 Å². The van der Waals surface area contributed by atoms with Crippen LogP contribution >= 0.6 is 0 Å². The first-order valence-corrected chi connectivity index (χ1v) is 12.8. The van der Waals surface area contributed by atoms with Crippen LogP contribution in [-0.2, 0) is 14.8 Å². The Hall–Kier alpha value is -2.85. The van der Waals surface area contributed by atoms with Crippen LogP contribution in [0.4, 0.5) is 10.1 Å². The summed E-state index contributed by atoms with van der Waals surface area (Å²) in [6.07, 6.45) is 1.29. The van der Waals surface area contributed by atoms with Gasteiger partial charge in [-0.3, -0.25) is 4.79 Å². The number of carbonyl (C=O) groups excluding carboxylic acids is 1. The van der Waals surface area contributed by atoms with E-state index in [0.717, 1.165) is 5.69 Å². The van der Waals surface area contributed by atoms with Crippen molar-refractivity contribution in [3.63, 3.8) is 0 Å². The number of nitrogens with zero attached hydrogens (tertiary/aromatic N) is 3. The number of amides is 1. The largest absolute Gasteiger partial charge is 0.493 e. The van der Waals surface area contributed by atoms with E-state index < -0.39 is 10.0 Å². The van der Waals surface area contributed by atoms with Gasteiger partial charge in [0.25, 0.3) is 0 Å². The van der Waals surface area contributed by atoms with E-state index in [9.17, 15) is 17.6 Å². The fourth-order valence-electron chi connectivity index (χ4n) is 4.58. The number of benzene rings is 2. The normalized spacial score (nSPS) is 19.7. The van der Waals surface area contributed by atoms with Gasteiger partial charge in [-0.15, -0.1) is 0 Å². The third-order valence-electron chi connectivity index (χ3n) is 6.51. The maximum absolute atomic E-state index is 13.3. The van der Waals surface area contributed by atoms with E-state index in [2.05, 4.69) is 4.90 Å². The topological polar surface area (TPSA) is 79.4 Å². The molecule has 1 atom stereocenters. The Balaban J connectivity index is 1.40. The number of piperidine rings is 1. The third kappa shape index (κ3) is 4.97. The highest BCUT2D eigenvalue weighted by molar-refractivity contribution is 7.89. The summed E-state index contributed by atoms with van der Waals surface area (Å²) in [5.41, 5.74) is 0.929. The zero-order valence-corrected chi connectivity index (χ0v) is 20.3. The van der Waals surface area contributed by atoms with Gasteiger partial charge in [-0.05, 0) is 49.2 Å². The van der Waals surface area contributed by atoms with Gasteiger partial charge in [-0.1, -0.05) is 0 Å². The Morgan fingerprint density at radius 3 is 2.26 bits per heavy atom. The molecular weight excluding hydrogens is 461 g/mol. The summed E-state index contributed by atoms with van der Waals surface area (Å²) in [4.78, 5) is 17.3. The van der Waals surface area contributed by atoms with Crippen LogP contribution in [0.1, 0.15) is 12.8 Å². The van der Waals surface area contributed by atoms with Crippen molar-refractivity contribution < 1.29 is 27.1 Å². The molecule has 2 heterocycles. The molecule has 8 nitrogen and oxygen atoms in total. The molecule has 34 heavy (non-hydrogen) atoms. The van der Waals surface area contributed by atoms with Gasteiger partial charge in [0.15, 0.2) is 11.5 Å². The van der Waals surface area contributed by atoms with Gasteiger partial charge in [-0.25, -0.2) is 12.8 Å². The van der Waals surface area contributed by atoms with E-state index in [1.165, 1.54) is 42.8 Å². The molecule has 0 N–H and O–H groups in total. The predicted octanol–water partition coefficient (Wildman–Crippen LogP) is 2.59. The number of hydrogen-bond donors (Lipinski definition) is 0. The molecule has 184 valence electrons. The van der Waals surface area contributed by atoms with E-state index in [1.54, 1.807) is 18.2 Å². The lowest BCUT2D eigenvalue weighted by molar-refractivity contribution is -0.137. The second-order valence-electron chi connectivity index (χ2n) is 8.51. The highest BCUT2D eigenvalue weighted by Gasteiger charge is 2.36. The smallest absolute Gasteiger partial charge is 0.243 e. The van der Waals surface area contributed by atoms with Gasteiger partial charge in [0.1, 0.15) is 5.82 Å². The van der Waals surface area contributed by atoms with Gasteiger partial charge in [0.05, 0.1) is 25.0 Å². The number of piperazine rings is 1. The molecule has 2 aliphatic heterocycles. The van der Waals surface area contributed by atoms with E-state index in [4.69, 9.17) is 9.47 Å². The lowest BCUT2D eigenvalue weighted by atomic mass is 9.97. The standard InChI is InChI=1S/C24H30FN3O5S/c1-32-22-10-9-21(16-23(22)33-2)34(30,31)28-11-3-4-18(17-28)24(29)27-14-12-26(13-15-27)20-7-5-19(25)6-8-20/h5-10,16,18H,3-4,11-15,17H2,1-2H3/t18-/m1/s1. The maximum Gasteiger partial charge on any atom is 0.243 e. The van der Waals surface area contributed by atoms with Crippen LogP contribution in [0.15, 0.2) is 47.4 Å². The van der Waals surface area contributed by atoms with Crippen LogP contribution < -0.4 is 14.4 Å². The second kappa shape index (κ2) is 10.2. The summed E-state index contributed by atoms with van der Waals surface area (Å²) in [7, 11) is -0.827. The van der Waals surface area contributed by atoms with Crippen LogP contribution in [0.5, 0.6) is 11.5 Å². The van der Waals surface area contributed by atoms with E-state index in [1.807, 2.05) is 4.90 Å². The van der Waals surface area contributed by atoms with Crippen LogP contribution in [0.2, 0.25) is 0 Å². The number of carbonyl (C=O) groups is 1. The summed E-state index contributed by atoms with van der Waals surface area (Å²) in [6.45, 7) is 2.94. The van der Waals surface area contributed by atoms with Crippen molar-refractivity contribution >= 4 is 21.6 Å². The Labute approximate surface area is 199 Å². The fourth-order valence-corrected chi connectivity index (χ4v) is 6.12. The Morgan fingerprint density at radius 2 is 1.62 bits per heavy atom. The van der Waals surface area contributed by atoms with Crippen molar-refractivity contribution in [2.24, 2.45) is 5.92 Å². The molecule has 0 spiro atoms. The predicted molar refractivity (Wildman–Crippen MR) is 126 cm³/mol. The molecule has 0 unspecified atom stereocenters. The first-order valence-electron chi connectivity index (χ1n) is 11.3. The first kappa shape index (κ1) is 24.3. The van der Waals surface area contributed by atoms with Crippen LogP contribution in [0.25, 0.3) is 0 Å². The van der Waals surface area contributed by atoms with Crippen LogP contribution in [0, 0.1) is 11.7 Å². The maximum atomic E-state index is 13.3. The summed E-state index contributed by atoms with van der Waals surface area (Å²) in [5.74, 6) is 0.134. The minimum atomic E-state index is -3.78. The number of halogens is 1. The molecule has 0 bridgehead atoms. The summed E-state index contributed by atoms with van der Waals surface area (Å²) >= 11 is 0. The highest BCUT2D eigenvalue weighted by Crippen LogP contribution is 2.32. The molecule has 2 saturated heterocycles. The molecular formula is C24H30FN3O5S. The van der Waals surface area contributed by atoms with Crippen LogP contribution in [0.3, 0.4) is 0 Å². The first-order chi connectivity index (χ1) is 16.3. The summed E-state index contributed by atoms with van der Waals surface area (Å²) < 4.78 is 51.6. The number of ether oxygens (including phenoxy) is 2. The van der Waals surface area contributed by atoms with E-state index in [-0.39, 0.29) is 29.1 Å². The summed E-state index contributed by atoms with van der Waals surface area (Å²) in [5, 5.41) is 0. The SMILES string of the molecule is COc1ccc(S(=O)(=O)N2CCC[C@@H](C(=O)N3CCN(c4ccc(F)cc4)CC3)C2)cc1OC. The number of sulfonamides is 1. The molecule has 2 aromatic carbocycles. The number of hydrogen-bond acceptors (Lipinski definition) is 6. The zero-order valence-electron chi connectivity index (χ0n) is 19.4. The minimum Gasteiger partial charge on any atom is -0.493 e. The average Bonchev–Trinajstić information content (AvgIpc) is 2.88. The number of rotatable bonds is 6. The Morgan fingerprint density at radius 1 is 0.941 bits per heavy atom. The van der Waals surface area contributed by atoms with Gasteiger partial charge in [-0.2, -0.15) is 4.31 Å². The fraction of sp³-hybridized carbons (Fsp3) is 0.458. The molecule has 0 radical (unpaired) electrons. The Kier molecular flexibility index (Phi) is 7.27. The quantitative estimate of drug-likeness (QED) is 0.618. The lowest BCUT2D eigenvalue weighted by Gasteiger charge is -2.39. The molecule has 4 rings (SSSR count). The molecule has 2 aliphatic rings. The van der Waals surface area contributed by atoms with Crippen molar-refractivity contribution in [3.05, 3.63) is 48.3 Å². The minimum absolute atomic E-state index is 0.00836. The summed E-state index contributed by atoms with van der Waals surface area (Å²) in [6, 6.07) is 10.9. The van der Waals surface area contributed by atoms with Gasteiger partial charge in [0.2, 0.25) is 15.9 Å². The number of anilines is 1. The van der Waals surface area contributed by atoms with Crippen molar-refractivity contribution in [1.29, 1.82) is 0 Å². The third-order valence-corrected chi connectivity index (χ3v) is 8.37. The second-order valence-corrected chi connectivity index (χ2v) is 10.4. The van der Waals surface area contributed by atoms with Crippen molar-refractivity contribution in [2.75, 3.05) is 58.4 Å². The number of methoxy groups -OCH3 is 2. The molecule has 0 aliphatic carbocycles. The van der Waals surface area contributed by atoms with E-state index in [0.29, 0.717) is 57.1 Å².